The summed E-state index contributed by atoms with van der Waals surface area (Å²) in [6, 6.07) is 8.60. The lowest BCUT2D eigenvalue weighted by atomic mass is 10.1. The zero-order valence-electron chi connectivity index (χ0n) is 10.9. The summed E-state index contributed by atoms with van der Waals surface area (Å²) in [6.07, 6.45) is 0. The van der Waals surface area contributed by atoms with E-state index in [0.29, 0.717) is 0 Å². The van der Waals surface area contributed by atoms with Crippen LogP contribution < -0.4 is 5.32 Å². The fourth-order valence-corrected chi connectivity index (χ4v) is 1.75. The molecule has 0 radical (unpaired) electrons. The molecule has 0 heterocycles. The lowest BCUT2D eigenvalue weighted by Crippen LogP contribution is -2.02. The first-order chi connectivity index (χ1) is 10.4. The van der Waals surface area contributed by atoms with Crippen molar-refractivity contribution in [2.24, 2.45) is 0 Å². The monoisotopic (exact) mass is 301 g/mol. The van der Waals surface area contributed by atoms with Crippen LogP contribution >= 0.6 is 0 Å². The number of hydrogen-bond acceptors (Lipinski definition) is 5. The van der Waals surface area contributed by atoms with Crippen molar-refractivity contribution in [2.75, 3.05) is 5.32 Å². The summed E-state index contributed by atoms with van der Waals surface area (Å²) < 4.78 is 13.8. The number of carboxylic acid groups (broad SMARTS) is 1. The van der Waals surface area contributed by atoms with Crippen molar-refractivity contribution < 1.29 is 19.2 Å². The van der Waals surface area contributed by atoms with Gasteiger partial charge in [0.1, 0.15) is 11.5 Å². The van der Waals surface area contributed by atoms with Crippen molar-refractivity contribution in [3.05, 3.63) is 63.5 Å². The first-order valence-corrected chi connectivity index (χ1v) is 5.91. The number of nitriles is 1. The van der Waals surface area contributed by atoms with Crippen LogP contribution in [-0.4, -0.2) is 16.0 Å². The van der Waals surface area contributed by atoms with Gasteiger partial charge in [0.05, 0.1) is 27.8 Å². The summed E-state index contributed by atoms with van der Waals surface area (Å²) in [4.78, 5) is 21.0. The Balaban J connectivity index is 2.41. The summed E-state index contributed by atoms with van der Waals surface area (Å²) in [7, 11) is 0. The van der Waals surface area contributed by atoms with E-state index >= 15 is 0 Å². The van der Waals surface area contributed by atoms with Crippen molar-refractivity contribution in [1.29, 1.82) is 5.26 Å². The molecule has 2 rings (SSSR count). The predicted molar refractivity (Wildman–Crippen MR) is 74.5 cm³/mol. The van der Waals surface area contributed by atoms with E-state index in [4.69, 9.17) is 10.4 Å². The topological polar surface area (TPSA) is 116 Å². The zero-order valence-corrected chi connectivity index (χ0v) is 10.9. The van der Waals surface area contributed by atoms with E-state index in [1.165, 1.54) is 24.3 Å². The van der Waals surface area contributed by atoms with Gasteiger partial charge >= 0.3 is 5.97 Å². The van der Waals surface area contributed by atoms with Gasteiger partial charge in [0.25, 0.3) is 5.69 Å². The van der Waals surface area contributed by atoms with Crippen LogP contribution in [-0.2, 0) is 0 Å². The normalized spacial score (nSPS) is 9.82. The molecule has 0 amide bonds. The molecule has 110 valence electrons. The number of hydrogen-bond donors (Lipinski definition) is 2. The average Bonchev–Trinajstić information content (AvgIpc) is 2.49. The maximum Gasteiger partial charge on any atom is 0.335 e. The Kier molecular flexibility index (Phi) is 3.99. The van der Waals surface area contributed by atoms with Crippen molar-refractivity contribution in [3.8, 4) is 6.07 Å². The Morgan fingerprint density at radius 2 is 1.95 bits per heavy atom. The molecule has 0 aliphatic rings. The maximum absolute atomic E-state index is 13.8. The number of anilines is 2. The zero-order chi connectivity index (χ0) is 16.3. The highest BCUT2D eigenvalue weighted by atomic mass is 19.1. The molecule has 0 fully saturated rings. The van der Waals surface area contributed by atoms with Gasteiger partial charge in [-0.05, 0) is 30.3 Å². The number of carboxylic acids is 1. The number of benzene rings is 2. The van der Waals surface area contributed by atoms with Gasteiger partial charge in [0.2, 0.25) is 0 Å². The molecule has 0 atom stereocenters. The molecule has 0 spiro atoms. The third-order valence-corrected chi connectivity index (χ3v) is 2.81. The molecule has 8 heteroatoms. The standard InChI is InChI=1S/C14H8FN3O4/c15-10-6-9(14(19)20)2-4-11(10)17-12-3-1-8(7-16)5-13(12)18(21)22/h1-6,17H,(H,19,20). The van der Waals surface area contributed by atoms with Crippen LogP contribution in [0.1, 0.15) is 15.9 Å². The van der Waals surface area contributed by atoms with E-state index in [0.717, 1.165) is 12.1 Å². The van der Waals surface area contributed by atoms with Gasteiger partial charge < -0.3 is 10.4 Å². The second-order valence-electron chi connectivity index (χ2n) is 4.23. The number of nitrogens with one attached hydrogen (secondary N) is 1. The number of nitro groups is 1. The van der Waals surface area contributed by atoms with Gasteiger partial charge in [-0.3, -0.25) is 10.1 Å². The van der Waals surface area contributed by atoms with Crippen LogP contribution in [0.5, 0.6) is 0 Å². The Bertz CT molecular complexity index is 814. The van der Waals surface area contributed by atoms with Crippen LogP contribution in [0.2, 0.25) is 0 Å². The molecule has 0 unspecified atom stereocenters. The van der Waals surface area contributed by atoms with E-state index < -0.39 is 16.7 Å². The Morgan fingerprint density at radius 3 is 2.50 bits per heavy atom. The lowest BCUT2D eigenvalue weighted by molar-refractivity contribution is -0.383. The van der Waals surface area contributed by atoms with Gasteiger partial charge in [-0.25, -0.2) is 9.18 Å². The highest BCUT2D eigenvalue weighted by Crippen LogP contribution is 2.29. The molecule has 2 aromatic carbocycles. The lowest BCUT2D eigenvalue weighted by Gasteiger charge is -2.09. The highest BCUT2D eigenvalue weighted by molar-refractivity contribution is 5.88. The van der Waals surface area contributed by atoms with Gasteiger partial charge in [0.15, 0.2) is 0 Å². The number of carbonyl (C=O) groups is 1. The van der Waals surface area contributed by atoms with Crippen molar-refractivity contribution >= 4 is 23.0 Å². The molecule has 22 heavy (non-hydrogen) atoms. The minimum absolute atomic E-state index is 0.00836. The molecule has 7 nitrogen and oxygen atoms in total. The van der Waals surface area contributed by atoms with Gasteiger partial charge in [-0.2, -0.15) is 5.26 Å². The van der Waals surface area contributed by atoms with Gasteiger partial charge in [-0.1, -0.05) is 0 Å². The van der Waals surface area contributed by atoms with Crippen LogP contribution in [0.4, 0.5) is 21.5 Å². The molecule has 0 saturated heterocycles. The molecular weight excluding hydrogens is 293 g/mol. The number of halogens is 1. The fraction of sp³-hybridized carbons (Fsp3) is 0. The Labute approximate surface area is 123 Å². The summed E-state index contributed by atoms with van der Waals surface area (Å²) in [5, 5.41) is 31.0. The number of nitro benzene ring substituents is 1. The van der Waals surface area contributed by atoms with Crippen molar-refractivity contribution in [2.45, 2.75) is 0 Å². The van der Waals surface area contributed by atoms with Crippen LogP contribution in [0, 0.1) is 27.3 Å². The summed E-state index contributed by atoms with van der Waals surface area (Å²) >= 11 is 0. The minimum Gasteiger partial charge on any atom is -0.478 e. The number of nitrogens with zero attached hydrogens (tertiary/aromatic N) is 2. The average molecular weight is 301 g/mol. The molecule has 0 bridgehead atoms. The highest BCUT2D eigenvalue weighted by Gasteiger charge is 2.16. The fourth-order valence-electron chi connectivity index (χ4n) is 1.75. The third kappa shape index (κ3) is 2.99. The van der Waals surface area contributed by atoms with E-state index in [-0.39, 0.29) is 28.2 Å². The van der Waals surface area contributed by atoms with Gasteiger partial charge in [-0.15, -0.1) is 0 Å². The quantitative estimate of drug-likeness (QED) is 0.662. The first-order valence-electron chi connectivity index (χ1n) is 5.91. The molecular formula is C14H8FN3O4. The Morgan fingerprint density at radius 1 is 1.27 bits per heavy atom. The van der Waals surface area contributed by atoms with E-state index in [1.54, 1.807) is 6.07 Å². The summed E-state index contributed by atoms with van der Waals surface area (Å²) in [5.74, 6) is -2.15. The SMILES string of the molecule is N#Cc1ccc(Nc2ccc(C(=O)O)cc2F)c([N+](=O)[O-])c1. The first kappa shape index (κ1) is 14.9. The molecule has 2 aromatic rings. The van der Waals surface area contributed by atoms with Crippen LogP contribution in [0.15, 0.2) is 36.4 Å². The number of aromatic carboxylic acids is 1. The van der Waals surface area contributed by atoms with E-state index in [9.17, 15) is 19.3 Å². The smallest absolute Gasteiger partial charge is 0.335 e. The van der Waals surface area contributed by atoms with E-state index in [2.05, 4.69) is 5.32 Å². The Hall–Kier alpha value is -3.47. The second kappa shape index (κ2) is 5.88. The largest absolute Gasteiger partial charge is 0.478 e. The summed E-state index contributed by atoms with van der Waals surface area (Å²) in [5.41, 5.74) is -0.652. The maximum atomic E-state index is 13.8. The molecule has 0 aliphatic carbocycles. The van der Waals surface area contributed by atoms with Gasteiger partial charge in [0, 0.05) is 6.07 Å². The van der Waals surface area contributed by atoms with Crippen LogP contribution in [0.25, 0.3) is 0 Å². The molecule has 2 N–H and O–H groups in total. The van der Waals surface area contributed by atoms with Crippen LogP contribution in [0.3, 0.4) is 0 Å². The molecule has 0 aromatic heterocycles. The minimum atomic E-state index is -1.28. The third-order valence-electron chi connectivity index (χ3n) is 2.81. The second-order valence-corrected chi connectivity index (χ2v) is 4.23. The van der Waals surface area contributed by atoms with Crippen molar-refractivity contribution in [3.63, 3.8) is 0 Å². The molecule has 0 aliphatic heterocycles. The number of rotatable bonds is 4. The van der Waals surface area contributed by atoms with Crippen molar-refractivity contribution in [1.82, 2.24) is 0 Å². The van der Waals surface area contributed by atoms with E-state index in [1.807, 2.05) is 0 Å². The molecule has 0 saturated carbocycles. The predicted octanol–water partition coefficient (Wildman–Crippen LogP) is 3.05. The summed E-state index contributed by atoms with van der Waals surface area (Å²) in [6.45, 7) is 0.